The third-order valence-electron chi connectivity index (χ3n) is 23.9. The summed E-state index contributed by atoms with van der Waals surface area (Å²) in [5, 5.41) is 14.4. The number of piperazine rings is 1. The number of hydroxylamine groups is 4. The van der Waals surface area contributed by atoms with Crippen LogP contribution in [0, 0.1) is 0 Å². The molecular weight excluding hydrogens is 1550 g/mol. The van der Waals surface area contributed by atoms with E-state index in [1.807, 2.05) is 18.3 Å². The minimum absolute atomic E-state index is 0.0265. The minimum atomic E-state index is -0.573. The Balaban J connectivity index is 0.000000148. The lowest BCUT2D eigenvalue weighted by Crippen LogP contribution is -2.44. The second kappa shape index (κ2) is 45.7. The average Bonchev–Trinajstić information content (AvgIpc) is 0.976. The fourth-order valence-electron chi connectivity index (χ4n) is 17.3. The molecule has 7 aliphatic rings. The molecule has 4 amide bonds. The van der Waals surface area contributed by atoms with Crippen LogP contribution >= 0.6 is 0 Å². The van der Waals surface area contributed by atoms with E-state index in [0.717, 1.165) is 194 Å². The van der Waals surface area contributed by atoms with E-state index in [1.165, 1.54) is 118 Å². The Bertz CT molecular complexity index is 5020. The molecule has 0 radical (unpaired) electrons. The first-order chi connectivity index (χ1) is 59.1. The zero-order chi connectivity index (χ0) is 85.0. The van der Waals surface area contributed by atoms with Gasteiger partial charge in [0.05, 0.1) is 56.6 Å². The predicted octanol–water partition coefficient (Wildman–Crippen LogP) is 7.86. The third kappa shape index (κ3) is 24.0. The lowest BCUT2D eigenvalue weighted by molar-refractivity contribution is 0.0531. The van der Waals surface area contributed by atoms with Crippen molar-refractivity contribution in [3.63, 3.8) is 0 Å². The molecular formula is C84H122N24O13. The molecule has 37 heteroatoms. The number of aromatic nitrogens is 12. The highest BCUT2D eigenvalue weighted by molar-refractivity contribution is 5.98. The van der Waals surface area contributed by atoms with Crippen LogP contribution in [0.2, 0.25) is 0 Å². The van der Waals surface area contributed by atoms with E-state index >= 15 is 0 Å². The molecule has 0 bridgehead atoms. The van der Waals surface area contributed by atoms with Crippen molar-refractivity contribution < 1.29 is 43.3 Å². The van der Waals surface area contributed by atoms with Crippen LogP contribution in [0.3, 0.4) is 0 Å². The van der Waals surface area contributed by atoms with Crippen molar-refractivity contribution in [2.75, 3.05) is 169 Å². The van der Waals surface area contributed by atoms with Crippen LogP contribution < -0.4 is 64.9 Å². The molecule has 4 saturated carbocycles. The number of hydrogen-bond acceptors (Lipinski definition) is 29. The first kappa shape index (κ1) is 90.1. The zero-order valence-electron chi connectivity index (χ0n) is 71.1. The number of fused-ring (bicyclic) bond motifs is 4. The number of likely N-dealkylation sites (tertiary alicyclic amines) is 2. The second-order valence-corrected chi connectivity index (χ2v) is 32.2. The highest BCUT2D eigenvalue weighted by Crippen LogP contribution is 2.35. The van der Waals surface area contributed by atoms with Crippen LogP contribution in [0.25, 0.3) is 44.1 Å². The summed E-state index contributed by atoms with van der Waals surface area (Å²) in [7, 11) is 9.17. The summed E-state index contributed by atoms with van der Waals surface area (Å²) in [6.07, 6.45) is 41.6. The average molecular weight is 1680 g/mol. The molecule has 7 fully saturated rings. The summed E-state index contributed by atoms with van der Waals surface area (Å²) in [4.78, 5) is 166. The van der Waals surface area contributed by atoms with Crippen LogP contribution in [0.4, 0.5) is 23.8 Å². The van der Waals surface area contributed by atoms with Crippen molar-refractivity contribution in [3.8, 4) is 0 Å². The molecule has 3 saturated heterocycles. The van der Waals surface area contributed by atoms with Gasteiger partial charge < -0.3 is 63.9 Å². The van der Waals surface area contributed by atoms with E-state index in [9.17, 15) is 38.4 Å². The summed E-state index contributed by atoms with van der Waals surface area (Å²) in [6.45, 7) is 15.6. The number of nitrogens with one attached hydrogen (secondary N) is 8. The molecule has 8 aromatic rings. The Hall–Kier alpha value is -10.1. The lowest BCUT2D eigenvalue weighted by atomic mass is 9.95. The number of carbonyl (C=O) groups excluding carboxylic acids is 4. The standard InChI is InChI=1S/C23H35N7O3.C22H32N6O3.C21H30N6O3.C18H25N5O4/c1-28-11-13-29(14-12-28)10-6-9-24-23-25-15-18-20(31)19(22(32)27-33-2)16-30(21(18)26-23)17-7-4-3-5-8-17;1-31-26-21(30)18-15-28(16-8-3-2-4-9-16)20-17(19(18)29)14-24-22(25-20)23-10-7-13-27-11-5-6-12-27;1-30-25-20(29)17-14-27(15-7-3-2-4-8-15)19-16(18(17)28)13-23-21(24-19)22-9-12-26-10-5-6-11-26;1-26-9-8-19-18-20-10-13-15(24)14(17(25)22-27-2)11-23(16(13)21-18)12-6-4-3-5-7-12/h15-17H,3-14H2,1-2H3,(H,27,32)(H,24,25,26);14-16H,2-13H2,1H3,(H,26,30)(H,23,24,25);13-15H,2-12H2,1H3,(H,25,29)(H,22,23,24);10-12H,3-9H2,1-2H3,(H,22,25)(H,19,20,21). The highest BCUT2D eigenvalue weighted by atomic mass is 16.7. The first-order valence-electron chi connectivity index (χ1n) is 43.4. The van der Waals surface area contributed by atoms with Crippen LogP contribution in [-0.2, 0) is 24.1 Å². The molecule has 121 heavy (non-hydrogen) atoms. The molecule has 4 aliphatic carbocycles. The lowest BCUT2D eigenvalue weighted by Gasteiger charge is -2.32. The topological polar surface area (TPSA) is 415 Å². The SMILES string of the molecule is COCCNc1ncc2c(=O)c(C(=O)NOC)cn(C3CCCCC3)c2n1.CONC(=O)c1cn(C2CCCCC2)c2nc(NCCCN3CCCC3)ncc2c1=O.CONC(=O)c1cn(C2CCCCC2)c2nc(NCCCN3CCN(C)CC3)ncc2c1=O.CONC(=O)c1cn(C2CCCCC2)c2nc(NCCN3CCCC3)ncc2c1=O. The summed E-state index contributed by atoms with van der Waals surface area (Å²) >= 11 is 0. The second-order valence-electron chi connectivity index (χ2n) is 32.2. The summed E-state index contributed by atoms with van der Waals surface area (Å²) in [5.74, 6) is -0.260. The van der Waals surface area contributed by atoms with Crippen molar-refractivity contribution in [2.24, 2.45) is 0 Å². The molecule has 15 rings (SSSR count). The molecule has 11 heterocycles. The van der Waals surface area contributed by atoms with Gasteiger partial charge in [-0.05, 0) is 136 Å². The molecule has 8 N–H and O–H groups in total. The Morgan fingerprint density at radius 1 is 0.339 bits per heavy atom. The van der Waals surface area contributed by atoms with Gasteiger partial charge >= 0.3 is 0 Å². The number of likely N-dealkylation sites (N-methyl/N-ethyl adjacent to an activating group) is 1. The number of amides is 4. The summed E-state index contributed by atoms with van der Waals surface area (Å²) < 4.78 is 13.0. The van der Waals surface area contributed by atoms with Gasteiger partial charge in [-0.1, -0.05) is 77.0 Å². The van der Waals surface area contributed by atoms with Crippen LogP contribution in [0.1, 0.15) is 233 Å². The Morgan fingerprint density at radius 3 is 0.884 bits per heavy atom. The molecule has 3 aliphatic heterocycles. The van der Waals surface area contributed by atoms with E-state index in [0.29, 0.717) is 81.1 Å². The highest BCUT2D eigenvalue weighted by Gasteiger charge is 2.29. The van der Waals surface area contributed by atoms with Gasteiger partial charge in [-0.25, -0.2) is 41.9 Å². The molecule has 8 aromatic heterocycles. The first-order valence-corrected chi connectivity index (χ1v) is 43.4. The Morgan fingerprint density at radius 2 is 0.603 bits per heavy atom. The van der Waals surface area contributed by atoms with E-state index in [4.69, 9.17) is 29.2 Å². The fraction of sp³-hybridized carbons (Fsp3) is 0.619. The fourth-order valence-corrected chi connectivity index (χ4v) is 17.3. The number of carbonyl (C=O) groups is 4. The van der Waals surface area contributed by atoms with Crippen molar-refractivity contribution in [2.45, 2.75) is 191 Å². The molecule has 0 unspecified atom stereocenters. The minimum Gasteiger partial charge on any atom is -0.383 e. The number of anilines is 4. The number of pyridine rings is 4. The normalized spacial score (nSPS) is 17.4. The molecule has 656 valence electrons. The van der Waals surface area contributed by atoms with Crippen molar-refractivity contribution >= 4 is 91.6 Å². The van der Waals surface area contributed by atoms with Gasteiger partial charge in [0.25, 0.3) is 23.6 Å². The van der Waals surface area contributed by atoms with Gasteiger partial charge in [0, 0.05) is 140 Å². The number of methoxy groups -OCH3 is 1. The van der Waals surface area contributed by atoms with Crippen molar-refractivity contribution in [3.05, 3.63) is 113 Å². The maximum absolute atomic E-state index is 13.0. The number of hydrogen-bond donors (Lipinski definition) is 8. The number of nitrogens with zero attached hydrogens (tertiary/aromatic N) is 16. The zero-order valence-corrected chi connectivity index (χ0v) is 71.1. The van der Waals surface area contributed by atoms with Crippen LogP contribution in [0.5, 0.6) is 0 Å². The van der Waals surface area contributed by atoms with Crippen molar-refractivity contribution in [1.29, 1.82) is 0 Å². The van der Waals surface area contributed by atoms with Crippen LogP contribution in [-0.4, -0.2) is 249 Å². The molecule has 0 aromatic carbocycles. The van der Waals surface area contributed by atoms with E-state index < -0.39 is 29.1 Å². The Kier molecular flexibility index (Phi) is 34.0. The maximum Gasteiger partial charge on any atom is 0.280 e. The van der Waals surface area contributed by atoms with Crippen molar-refractivity contribution in [1.82, 2.24) is 99.7 Å². The van der Waals surface area contributed by atoms with Crippen LogP contribution in [0.15, 0.2) is 68.8 Å². The molecule has 0 spiro atoms. The summed E-state index contributed by atoms with van der Waals surface area (Å²) in [5.41, 5.74) is 9.91. The van der Waals surface area contributed by atoms with E-state index in [1.54, 1.807) is 31.9 Å². The van der Waals surface area contributed by atoms with Gasteiger partial charge in [0.15, 0.2) is 0 Å². The molecule has 0 atom stereocenters. The number of rotatable bonds is 30. The monoisotopic (exact) mass is 1670 g/mol. The predicted molar refractivity (Wildman–Crippen MR) is 462 cm³/mol. The molecule has 37 nitrogen and oxygen atoms in total. The van der Waals surface area contributed by atoms with E-state index in [2.05, 4.69) is 105 Å². The van der Waals surface area contributed by atoms with Gasteiger partial charge in [0.1, 0.15) is 44.8 Å². The van der Waals surface area contributed by atoms with Gasteiger partial charge in [0.2, 0.25) is 45.5 Å². The summed E-state index contributed by atoms with van der Waals surface area (Å²) in [6, 6.07) is 0.820. The quantitative estimate of drug-likeness (QED) is 0.0157. The maximum atomic E-state index is 13.0. The van der Waals surface area contributed by atoms with Gasteiger partial charge in [-0.15, -0.1) is 0 Å². The van der Waals surface area contributed by atoms with Gasteiger partial charge in [-0.2, -0.15) is 19.9 Å². The smallest absolute Gasteiger partial charge is 0.280 e. The Labute approximate surface area is 703 Å². The van der Waals surface area contributed by atoms with E-state index in [-0.39, 0.29) is 62.7 Å². The van der Waals surface area contributed by atoms with Gasteiger partial charge in [-0.3, -0.25) is 57.7 Å². The third-order valence-corrected chi connectivity index (χ3v) is 23.9. The largest absolute Gasteiger partial charge is 0.383 e. The number of ether oxygens (including phenoxy) is 1.